The first kappa shape index (κ1) is 12.9. The highest BCUT2D eigenvalue weighted by atomic mass is 16.9. The Morgan fingerprint density at radius 3 is 2.60 bits per heavy atom. The second-order valence-electron chi connectivity index (χ2n) is 2.80. The Balaban J connectivity index is 0.000000423. The molecule has 0 aromatic carbocycles. The maximum absolute atomic E-state index is 8.29. The number of imidazole rings is 1. The van der Waals surface area contributed by atoms with Crippen LogP contribution < -0.4 is 4.57 Å². The molecule has 0 saturated heterocycles. The summed E-state index contributed by atoms with van der Waals surface area (Å²) in [5, 5.41) is 23.0. The second kappa shape index (κ2) is 7.32. The van der Waals surface area contributed by atoms with Crippen LogP contribution in [0.3, 0.4) is 0 Å². The fourth-order valence-electron chi connectivity index (χ4n) is 0.975. The molecule has 0 aliphatic rings. The maximum atomic E-state index is 8.29. The van der Waals surface area contributed by atoms with Crippen LogP contribution in [0, 0.1) is 26.7 Å². The quantitative estimate of drug-likeness (QED) is 0.313. The number of nitriles is 1. The number of rotatable bonds is 3. The molecule has 15 heavy (non-hydrogen) atoms. The Labute approximate surface area is 86.9 Å². The third kappa shape index (κ3) is 8.24. The summed E-state index contributed by atoms with van der Waals surface area (Å²) in [6, 6.07) is 2.12. The van der Waals surface area contributed by atoms with Gasteiger partial charge in [-0.3, -0.25) is 0 Å². The molecule has 0 unspecified atom stereocenters. The lowest BCUT2D eigenvalue weighted by molar-refractivity contribution is -0.671. The first-order chi connectivity index (χ1) is 7.06. The Morgan fingerprint density at radius 2 is 2.20 bits per heavy atom. The average Bonchev–Trinajstić information content (AvgIpc) is 2.51. The van der Waals surface area contributed by atoms with E-state index >= 15 is 0 Å². The summed E-state index contributed by atoms with van der Waals surface area (Å²) in [4.78, 5) is 8.25. The molecule has 0 aliphatic carbocycles. The predicted molar refractivity (Wildman–Crippen MR) is 50.8 cm³/mol. The molecule has 0 N–H and O–H groups in total. The van der Waals surface area contributed by atoms with Crippen LogP contribution in [0.5, 0.6) is 0 Å². The van der Waals surface area contributed by atoms with E-state index in [1.807, 2.05) is 30.3 Å². The molecule has 0 atom stereocenters. The minimum absolute atomic E-state index is 0.641. The van der Waals surface area contributed by atoms with Gasteiger partial charge in [-0.25, -0.2) is 9.13 Å². The molecule has 1 aromatic rings. The Kier molecular flexibility index (Phi) is 6.29. The van der Waals surface area contributed by atoms with Gasteiger partial charge in [-0.2, -0.15) is 5.26 Å². The first-order valence-corrected chi connectivity index (χ1v) is 4.25. The summed E-state index contributed by atoms with van der Waals surface area (Å²) in [7, 11) is 1.99. The number of nitrogens with zero attached hydrogens (tertiary/aromatic N) is 4. The molecule has 1 aromatic heterocycles. The van der Waals surface area contributed by atoms with E-state index in [9.17, 15) is 0 Å². The molecule has 82 valence electrons. The van der Waals surface area contributed by atoms with Gasteiger partial charge in [0, 0.05) is 6.42 Å². The topological polar surface area (TPSA) is 98.8 Å². The van der Waals surface area contributed by atoms with Gasteiger partial charge in [-0.05, 0) is 6.42 Å². The molecule has 0 fully saturated rings. The van der Waals surface area contributed by atoms with E-state index in [1.165, 1.54) is 0 Å². The molecule has 1 rings (SSSR count). The summed E-state index contributed by atoms with van der Waals surface area (Å²) < 4.78 is 4.07. The van der Waals surface area contributed by atoms with E-state index in [1.54, 1.807) is 0 Å². The lowest BCUT2D eigenvalue weighted by Crippen LogP contribution is -2.23. The second-order valence-corrected chi connectivity index (χ2v) is 2.80. The van der Waals surface area contributed by atoms with Gasteiger partial charge < -0.3 is 15.3 Å². The lowest BCUT2D eigenvalue weighted by atomic mass is 10.3. The molecule has 0 amide bonds. The average molecular weight is 212 g/mol. The van der Waals surface area contributed by atoms with Crippen LogP contribution >= 0.6 is 0 Å². The summed E-state index contributed by atoms with van der Waals surface area (Å²) in [6.45, 7) is 0.939. The number of aromatic nitrogens is 2. The monoisotopic (exact) mass is 212 g/mol. The van der Waals surface area contributed by atoms with E-state index in [0.29, 0.717) is 6.42 Å². The van der Waals surface area contributed by atoms with Gasteiger partial charge >= 0.3 is 0 Å². The minimum atomic E-state index is -1.75. The van der Waals surface area contributed by atoms with Gasteiger partial charge in [0.15, 0.2) is 0 Å². The van der Waals surface area contributed by atoms with Crippen molar-refractivity contribution in [1.82, 2.24) is 4.57 Å². The molecule has 0 radical (unpaired) electrons. The standard InChI is InChI=1S/C8H12N3.NO3/c1-10-6-7-11(8-10)5-3-2-4-9;2-1(3)4/h6-8H,2-3,5H2,1H3;/q+1;-1. The van der Waals surface area contributed by atoms with Crippen LogP contribution in [-0.2, 0) is 13.6 Å². The molecule has 7 heteroatoms. The Bertz CT molecular complexity index is 338. The lowest BCUT2D eigenvalue weighted by Gasteiger charge is -1.89. The van der Waals surface area contributed by atoms with Crippen molar-refractivity contribution in [2.45, 2.75) is 19.4 Å². The Morgan fingerprint density at radius 1 is 1.60 bits per heavy atom. The molecule has 0 saturated carbocycles. The molecule has 0 spiro atoms. The van der Waals surface area contributed by atoms with Gasteiger partial charge in [0.2, 0.25) is 6.33 Å². The molecular formula is C8H12N4O3. The van der Waals surface area contributed by atoms with E-state index in [-0.39, 0.29) is 0 Å². The molecule has 7 nitrogen and oxygen atoms in total. The SMILES string of the molecule is C[n+]1ccn(CCCC#N)c1.O=[N+]([O-])[O-]. The highest BCUT2D eigenvalue weighted by Gasteiger charge is 1.97. The van der Waals surface area contributed by atoms with E-state index in [0.717, 1.165) is 13.0 Å². The number of unbranched alkanes of at least 4 members (excludes halogenated alkanes) is 1. The van der Waals surface area contributed by atoms with Gasteiger partial charge in [0.25, 0.3) is 0 Å². The number of hydrogen-bond acceptors (Lipinski definition) is 4. The molecular weight excluding hydrogens is 200 g/mol. The summed E-state index contributed by atoms with van der Waals surface area (Å²) >= 11 is 0. The highest BCUT2D eigenvalue weighted by Crippen LogP contribution is 1.91. The number of aryl methyl sites for hydroxylation is 2. The summed E-state index contributed by atoms with van der Waals surface area (Å²) in [5.74, 6) is 0. The van der Waals surface area contributed by atoms with E-state index in [2.05, 4.69) is 10.6 Å². The van der Waals surface area contributed by atoms with Crippen molar-refractivity contribution < 1.29 is 9.65 Å². The van der Waals surface area contributed by atoms with E-state index in [4.69, 9.17) is 20.6 Å². The van der Waals surface area contributed by atoms with Crippen LogP contribution in [0.4, 0.5) is 0 Å². The number of hydrogen-bond donors (Lipinski definition) is 0. The fraction of sp³-hybridized carbons (Fsp3) is 0.500. The fourth-order valence-corrected chi connectivity index (χ4v) is 0.975. The van der Waals surface area contributed by atoms with Crippen LogP contribution in [0.2, 0.25) is 0 Å². The van der Waals surface area contributed by atoms with Crippen molar-refractivity contribution in [3.63, 3.8) is 0 Å². The van der Waals surface area contributed by atoms with E-state index < -0.39 is 5.09 Å². The Hall–Kier alpha value is -2.10. The largest absolute Gasteiger partial charge is 0.356 e. The van der Waals surface area contributed by atoms with Crippen molar-refractivity contribution >= 4 is 0 Å². The van der Waals surface area contributed by atoms with Crippen molar-refractivity contribution in [2.24, 2.45) is 7.05 Å². The first-order valence-electron chi connectivity index (χ1n) is 4.25. The third-order valence-electron chi connectivity index (χ3n) is 1.53. The van der Waals surface area contributed by atoms with Crippen molar-refractivity contribution in [2.75, 3.05) is 0 Å². The zero-order valence-corrected chi connectivity index (χ0v) is 8.37. The van der Waals surface area contributed by atoms with Crippen LogP contribution in [0.1, 0.15) is 12.8 Å². The zero-order chi connectivity index (χ0) is 11.7. The van der Waals surface area contributed by atoms with Gasteiger partial charge in [-0.1, -0.05) is 0 Å². The van der Waals surface area contributed by atoms with Crippen molar-refractivity contribution in [3.05, 3.63) is 34.0 Å². The molecule has 1 heterocycles. The van der Waals surface area contributed by atoms with Crippen LogP contribution in [0.25, 0.3) is 0 Å². The minimum Gasteiger partial charge on any atom is -0.356 e. The van der Waals surface area contributed by atoms with Crippen molar-refractivity contribution in [1.29, 1.82) is 5.26 Å². The zero-order valence-electron chi connectivity index (χ0n) is 8.37. The maximum Gasteiger partial charge on any atom is 0.243 e. The van der Waals surface area contributed by atoms with Crippen LogP contribution in [0.15, 0.2) is 18.7 Å². The summed E-state index contributed by atoms with van der Waals surface area (Å²) in [6.07, 6.45) is 7.59. The smallest absolute Gasteiger partial charge is 0.243 e. The predicted octanol–water partition coefficient (Wildman–Crippen LogP) is 0.377. The van der Waals surface area contributed by atoms with Gasteiger partial charge in [-0.15, -0.1) is 0 Å². The van der Waals surface area contributed by atoms with Crippen molar-refractivity contribution in [3.8, 4) is 6.07 Å². The van der Waals surface area contributed by atoms with Crippen LogP contribution in [-0.4, -0.2) is 9.65 Å². The van der Waals surface area contributed by atoms with Gasteiger partial charge in [0.1, 0.15) is 12.4 Å². The van der Waals surface area contributed by atoms with Gasteiger partial charge in [0.05, 0.1) is 24.7 Å². The normalized spacial score (nSPS) is 8.53. The highest BCUT2D eigenvalue weighted by molar-refractivity contribution is 4.71. The third-order valence-corrected chi connectivity index (χ3v) is 1.53. The molecule has 0 aliphatic heterocycles. The summed E-state index contributed by atoms with van der Waals surface area (Å²) in [5.41, 5.74) is 0. The molecule has 0 bridgehead atoms.